The van der Waals surface area contributed by atoms with Gasteiger partial charge in [0, 0.05) is 44.7 Å². The molecule has 1 aromatic carbocycles. The zero-order valence-electron chi connectivity index (χ0n) is 16.0. The van der Waals surface area contributed by atoms with Crippen LogP contribution in [0.15, 0.2) is 18.2 Å². The molecule has 0 unspecified atom stereocenters. The molecule has 0 N–H and O–H groups in total. The van der Waals surface area contributed by atoms with E-state index in [1.807, 2.05) is 4.90 Å². The number of carbonyl (C=O) groups excluding carboxylic acids is 1. The van der Waals surface area contributed by atoms with E-state index >= 15 is 0 Å². The van der Waals surface area contributed by atoms with E-state index < -0.39 is 0 Å². The van der Waals surface area contributed by atoms with Gasteiger partial charge in [0.05, 0.1) is 13.2 Å². The van der Waals surface area contributed by atoms with Crippen LogP contribution in [-0.4, -0.2) is 68.8 Å². The van der Waals surface area contributed by atoms with Gasteiger partial charge in [-0.15, -0.1) is 0 Å². The SMILES string of the molecule is COCC(=O)N1CCC2(CC1)C[C@@H](N1CCOCC1)c1ccc(C)cc12. The van der Waals surface area contributed by atoms with Crippen LogP contribution in [0.1, 0.15) is 42.0 Å². The molecule has 2 heterocycles. The zero-order chi connectivity index (χ0) is 18.1. The molecule has 0 aromatic heterocycles. The molecule has 0 radical (unpaired) electrons. The van der Waals surface area contributed by atoms with Crippen LogP contribution in [0, 0.1) is 6.92 Å². The summed E-state index contributed by atoms with van der Waals surface area (Å²) < 4.78 is 10.6. The number of piperidine rings is 1. The maximum absolute atomic E-state index is 12.2. The monoisotopic (exact) mass is 358 g/mol. The zero-order valence-corrected chi connectivity index (χ0v) is 16.0. The van der Waals surface area contributed by atoms with E-state index in [1.54, 1.807) is 7.11 Å². The first-order valence-corrected chi connectivity index (χ1v) is 9.82. The Labute approximate surface area is 156 Å². The lowest BCUT2D eigenvalue weighted by Crippen LogP contribution is -2.46. The molecular weight excluding hydrogens is 328 g/mol. The average molecular weight is 358 g/mol. The van der Waals surface area contributed by atoms with Crippen molar-refractivity contribution in [3.8, 4) is 0 Å². The molecule has 2 saturated heterocycles. The molecule has 3 aliphatic rings. The van der Waals surface area contributed by atoms with Crippen molar-refractivity contribution in [2.45, 2.75) is 37.6 Å². The Hall–Kier alpha value is -1.43. The lowest BCUT2D eigenvalue weighted by Gasteiger charge is -2.41. The van der Waals surface area contributed by atoms with E-state index in [0.29, 0.717) is 6.04 Å². The highest BCUT2D eigenvalue weighted by Gasteiger charge is 2.47. The number of hydrogen-bond acceptors (Lipinski definition) is 4. The van der Waals surface area contributed by atoms with Crippen LogP contribution in [0.2, 0.25) is 0 Å². The molecular formula is C21H30N2O3. The quantitative estimate of drug-likeness (QED) is 0.831. The number of carbonyl (C=O) groups is 1. The third kappa shape index (κ3) is 3.17. The Morgan fingerprint density at radius 2 is 1.96 bits per heavy atom. The van der Waals surface area contributed by atoms with Crippen molar-refractivity contribution in [3.05, 3.63) is 34.9 Å². The number of nitrogens with zero attached hydrogens (tertiary/aromatic N) is 2. The number of hydrogen-bond donors (Lipinski definition) is 0. The summed E-state index contributed by atoms with van der Waals surface area (Å²) in [5, 5.41) is 0. The number of morpholine rings is 1. The van der Waals surface area contributed by atoms with Gasteiger partial charge in [0.15, 0.2) is 0 Å². The average Bonchev–Trinajstić information content (AvgIpc) is 2.97. The van der Waals surface area contributed by atoms with E-state index in [0.717, 1.165) is 52.2 Å². The molecule has 0 bridgehead atoms. The summed E-state index contributed by atoms with van der Waals surface area (Å²) in [4.78, 5) is 16.8. The highest BCUT2D eigenvalue weighted by molar-refractivity contribution is 5.77. The first kappa shape index (κ1) is 18.0. The van der Waals surface area contributed by atoms with Crippen LogP contribution >= 0.6 is 0 Å². The first-order chi connectivity index (χ1) is 12.6. The van der Waals surface area contributed by atoms with Gasteiger partial charge >= 0.3 is 0 Å². The summed E-state index contributed by atoms with van der Waals surface area (Å²) in [7, 11) is 1.59. The number of rotatable bonds is 3. The number of ether oxygens (including phenoxy) is 2. The van der Waals surface area contributed by atoms with Crippen molar-refractivity contribution in [2.75, 3.05) is 53.1 Å². The second kappa shape index (κ2) is 7.29. The Kier molecular flexibility index (Phi) is 5.04. The van der Waals surface area contributed by atoms with Crippen molar-refractivity contribution >= 4 is 5.91 Å². The van der Waals surface area contributed by atoms with Crippen molar-refractivity contribution in [3.63, 3.8) is 0 Å². The van der Waals surface area contributed by atoms with Gasteiger partial charge in [-0.25, -0.2) is 0 Å². The van der Waals surface area contributed by atoms with E-state index in [-0.39, 0.29) is 17.9 Å². The predicted octanol–water partition coefficient (Wildman–Crippen LogP) is 2.28. The van der Waals surface area contributed by atoms with E-state index in [4.69, 9.17) is 9.47 Å². The smallest absolute Gasteiger partial charge is 0.248 e. The van der Waals surface area contributed by atoms with Gasteiger partial charge in [-0.2, -0.15) is 0 Å². The molecule has 1 spiro atoms. The van der Waals surface area contributed by atoms with Crippen molar-refractivity contribution < 1.29 is 14.3 Å². The van der Waals surface area contributed by atoms with Gasteiger partial charge in [-0.05, 0) is 37.3 Å². The molecule has 4 rings (SSSR count). The molecule has 1 amide bonds. The van der Waals surface area contributed by atoms with Crippen LogP contribution in [0.5, 0.6) is 0 Å². The third-order valence-corrected chi connectivity index (χ3v) is 6.55. The topological polar surface area (TPSA) is 42.0 Å². The van der Waals surface area contributed by atoms with E-state index in [9.17, 15) is 4.79 Å². The minimum Gasteiger partial charge on any atom is -0.379 e. The van der Waals surface area contributed by atoms with Crippen LogP contribution in [0.25, 0.3) is 0 Å². The number of aryl methyl sites for hydroxylation is 1. The Morgan fingerprint density at radius 1 is 1.23 bits per heavy atom. The molecule has 2 fully saturated rings. The van der Waals surface area contributed by atoms with Gasteiger partial charge in [0.25, 0.3) is 0 Å². The second-order valence-corrected chi connectivity index (χ2v) is 8.05. The number of amides is 1. The summed E-state index contributed by atoms with van der Waals surface area (Å²) in [6, 6.07) is 7.50. The molecule has 142 valence electrons. The van der Waals surface area contributed by atoms with E-state index in [1.165, 1.54) is 23.1 Å². The van der Waals surface area contributed by atoms with Crippen molar-refractivity contribution in [1.29, 1.82) is 0 Å². The highest BCUT2D eigenvalue weighted by Crippen LogP contribution is 2.53. The van der Waals surface area contributed by atoms with Crippen molar-refractivity contribution in [2.24, 2.45) is 0 Å². The number of benzene rings is 1. The van der Waals surface area contributed by atoms with Crippen LogP contribution in [0.3, 0.4) is 0 Å². The largest absolute Gasteiger partial charge is 0.379 e. The maximum Gasteiger partial charge on any atom is 0.248 e. The fourth-order valence-electron chi connectivity index (χ4n) is 5.10. The van der Waals surface area contributed by atoms with Gasteiger partial charge in [0.1, 0.15) is 6.61 Å². The molecule has 5 nitrogen and oxygen atoms in total. The van der Waals surface area contributed by atoms with Gasteiger partial charge in [0.2, 0.25) is 5.91 Å². The lowest BCUT2D eigenvalue weighted by atomic mass is 9.73. The number of methoxy groups -OCH3 is 1. The van der Waals surface area contributed by atoms with Crippen molar-refractivity contribution in [1.82, 2.24) is 9.80 Å². The Balaban J connectivity index is 1.58. The molecule has 1 atom stereocenters. The molecule has 2 aliphatic heterocycles. The fourth-order valence-corrected chi connectivity index (χ4v) is 5.10. The highest BCUT2D eigenvalue weighted by atomic mass is 16.5. The van der Waals surface area contributed by atoms with Crippen LogP contribution < -0.4 is 0 Å². The Bertz CT molecular complexity index is 661. The lowest BCUT2D eigenvalue weighted by molar-refractivity contribution is -0.136. The summed E-state index contributed by atoms with van der Waals surface area (Å²) in [6.45, 7) is 7.77. The molecule has 5 heteroatoms. The summed E-state index contributed by atoms with van der Waals surface area (Å²) in [5.41, 5.74) is 4.60. The summed E-state index contributed by atoms with van der Waals surface area (Å²) in [6.07, 6.45) is 3.29. The van der Waals surface area contributed by atoms with Gasteiger partial charge in [-0.1, -0.05) is 23.8 Å². The van der Waals surface area contributed by atoms with Crippen LogP contribution in [-0.2, 0) is 19.7 Å². The standard InChI is InChI=1S/C21H30N2O3/c1-16-3-4-17-18(13-16)21(14-19(17)22-9-11-26-12-10-22)5-7-23(8-6-21)20(24)15-25-2/h3-4,13,19H,5-12,14-15H2,1-2H3/t19-/m1/s1. The molecule has 0 saturated carbocycles. The molecule has 26 heavy (non-hydrogen) atoms. The van der Waals surface area contributed by atoms with E-state index in [2.05, 4.69) is 30.0 Å². The number of fused-ring (bicyclic) bond motifs is 2. The maximum atomic E-state index is 12.2. The fraction of sp³-hybridized carbons (Fsp3) is 0.667. The third-order valence-electron chi connectivity index (χ3n) is 6.55. The number of likely N-dealkylation sites (tertiary alicyclic amines) is 1. The minimum atomic E-state index is 0.120. The second-order valence-electron chi connectivity index (χ2n) is 8.05. The summed E-state index contributed by atoms with van der Waals surface area (Å²) in [5.74, 6) is 0.120. The van der Waals surface area contributed by atoms with Gasteiger partial charge in [-0.3, -0.25) is 9.69 Å². The summed E-state index contributed by atoms with van der Waals surface area (Å²) >= 11 is 0. The molecule has 1 aliphatic carbocycles. The van der Waals surface area contributed by atoms with Gasteiger partial charge < -0.3 is 14.4 Å². The predicted molar refractivity (Wildman–Crippen MR) is 100 cm³/mol. The minimum absolute atomic E-state index is 0.120. The molecule has 1 aromatic rings. The Morgan fingerprint density at radius 3 is 2.65 bits per heavy atom. The normalized spacial score (nSPS) is 25.5. The first-order valence-electron chi connectivity index (χ1n) is 9.82. The van der Waals surface area contributed by atoms with Crippen LogP contribution in [0.4, 0.5) is 0 Å².